The summed E-state index contributed by atoms with van der Waals surface area (Å²) in [6.07, 6.45) is 3.41. The van der Waals surface area contributed by atoms with Crippen LogP contribution in [-0.2, 0) is 24.4 Å². The molecule has 7 nitrogen and oxygen atoms in total. The van der Waals surface area contributed by atoms with Gasteiger partial charge in [0, 0.05) is 45.3 Å². The molecule has 7 heteroatoms. The molecule has 3 N–H and O–H groups in total. The summed E-state index contributed by atoms with van der Waals surface area (Å²) in [5, 5.41) is 16.3. The first-order valence-corrected chi connectivity index (χ1v) is 10.5. The van der Waals surface area contributed by atoms with Crippen LogP contribution >= 0.6 is 0 Å². The molecule has 1 fully saturated rings. The number of nitrogens with one attached hydrogen (secondary N) is 2. The predicted octanol–water partition coefficient (Wildman–Crippen LogP) is 2.37. The average molecular weight is 415 g/mol. The molecule has 0 amide bonds. The van der Waals surface area contributed by atoms with Crippen LogP contribution < -0.4 is 10.6 Å². The van der Waals surface area contributed by atoms with E-state index >= 15 is 0 Å². The first-order chi connectivity index (χ1) is 14.6. The molecule has 2 heterocycles. The van der Waals surface area contributed by atoms with Gasteiger partial charge in [-0.15, -0.1) is 0 Å². The predicted molar refractivity (Wildman–Crippen MR) is 118 cm³/mol. The number of benzene rings is 1. The van der Waals surface area contributed by atoms with Crippen molar-refractivity contribution in [3.05, 3.63) is 59.5 Å². The summed E-state index contributed by atoms with van der Waals surface area (Å²) in [4.78, 5) is 6.60. The van der Waals surface area contributed by atoms with E-state index in [0.29, 0.717) is 13.2 Å². The summed E-state index contributed by atoms with van der Waals surface area (Å²) in [5.41, 5.74) is 2.50. The van der Waals surface area contributed by atoms with Crippen LogP contribution in [0.3, 0.4) is 0 Å². The topological polar surface area (TPSA) is 82.3 Å². The van der Waals surface area contributed by atoms with Crippen LogP contribution in [0.4, 0.5) is 0 Å². The van der Waals surface area contributed by atoms with Gasteiger partial charge in [-0.25, -0.2) is 0 Å². The van der Waals surface area contributed by atoms with Crippen molar-refractivity contribution in [3.8, 4) is 0 Å². The van der Waals surface area contributed by atoms with Crippen molar-refractivity contribution in [2.45, 2.75) is 32.5 Å². The van der Waals surface area contributed by atoms with Gasteiger partial charge in [0.2, 0.25) is 0 Å². The number of rotatable bonds is 10. The van der Waals surface area contributed by atoms with E-state index in [0.717, 1.165) is 50.8 Å². The molecule has 1 aromatic heterocycles. The summed E-state index contributed by atoms with van der Waals surface area (Å²) in [6, 6.07) is 12.4. The van der Waals surface area contributed by atoms with Crippen molar-refractivity contribution in [2.75, 3.05) is 40.5 Å². The third-order valence-corrected chi connectivity index (χ3v) is 5.69. The largest absolute Gasteiger partial charge is 0.468 e. The fourth-order valence-corrected chi connectivity index (χ4v) is 3.88. The fraction of sp³-hybridized carbons (Fsp3) is 0.522. The highest BCUT2D eigenvalue weighted by atomic mass is 16.5. The molecule has 0 bridgehead atoms. The van der Waals surface area contributed by atoms with Crippen LogP contribution in [0, 0.1) is 5.41 Å². The Morgan fingerprint density at radius 2 is 2.00 bits per heavy atom. The van der Waals surface area contributed by atoms with E-state index in [9.17, 15) is 5.11 Å². The molecule has 30 heavy (non-hydrogen) atoms. The summed E-state index contributed by atoms with van der Waals surface area (Å²) in [5.74, 6) is 1.73. The van der Waals surface area contributed by atoms with E-state index in [-0.39, 0.29) is 12.0 Å². The van der Waals surface area contributed by atoms with Crippen molar-refractivity contribution in [1.82, 2.24) is 15.5 Å². The SMILES string of the molecule is CN=C(NCc1ccccc1CN(C)Cc1ccco1)NCC1(CCO)CCOC1. The van der Waals surface area contributed by atoms with Crippen LogP contribution in [0.25, 0.3) is 0 Å². The zero-order valence-electron chi connectivity index (χ0n) is 18.1. The van der Waals surface area contributed by atoms with Gasteiger partial charge in [0.05, 0.1) is 19.4 Å². The Morgan fingerprint density at radius 1 is 1.17 bits per heavy atom. The Bertz CT molecular complexity index is 786. The fourth-order valence-electron chi connectivity index (χ4n) is 3.88. The molecule has 3 rings (SSSR count). The summed E-state index contributed by atoms with van der Waals surface area (Å²) >= 11 is 0. The van der Waals surface area contributed by atoms with Gasteiger partial charge in [-0.05, 0) is 43.1 Å². The molecule has 1 saturated heterocycles. The molecule has 1 unspecified atom stereocenters. The minimum atomic E-state index is -0.0150. The number of aliphatic hydroxyl groups excluding tert-OH is 1. The lowest BCUT2D eigenvalue weighted by Crippen LogP contribution is -2.44. The number of aliphatic imine (C=N–C) groups is 1. The zero-order valence-corrected chi connectivity index (χ0v) is 18.1. The smallest absolute Gasteiger partial charge is 0.191 e. The minimum absolute atomic E-state index is 0.0150. The molecular formula is C23H34N4O3. The number of hydrogen-bond acceptors (Lipinski definition) is 5. The van der Waals surface area contributed by atoms with E-state index in [1.807, 2.05) is 12.1 Å². The van der Waals surface area contributed by atoms with Gasteiger partial charge in [0.25, 0.3) is 0 Å². The highest BCUT2D eigenvalue weighted by molar-refractivity contribution is 5.79. The summed E-state index contributed by atoms with van der Waals surface area (Å²) in [7, 11) is 3.87. The zero-order chi connectivity index (χ0) is 21.2. The molecule has 0 spiro atoms. The Kier molecular flexibility index (Phi) is 8.30. The van der Waals surface area contributed by atoms with Gasteiger partial charge in [-0.2, -0.15) is 0 Å². The second-order valence-corrected chi connectivity index (χ2v) is 8.08. The van der Waals surface area contributed by atoms with Gasteiger partial charge < -0.3 is 24.9 Å². The van der Waals surface area contributed by atoms with Crippen LogP contribution in [0.5, 0.6) is 0 Å². The molecule has 1 atom stereocenters. The van der Waals surface area contributed by atoms with Crippen molar-refractivity contribution < 1.29 is 14.3 Å². The Labute approximate surface area is 179 Å². The minimum Gasteiger partial charge on any atom is -0.468 e. The lowest BCUT2D eigenvalue weighted by molar-refractivity contribution is 0.127. The van der Waals surface area contributed by atoms with Crippen molar-refractivity contribution in [1.29, 1.82) is 0 Å². The molecule has 0 aliphatic carbocycles. The van der Waals surface area contributed by atoms with Crippen LogP contribution in [0.15, 0.2) is 52.1 Å². The molecular weight excluding hydrogens is 380 g/mol. The van der Waals surface area contributed by atoms with Gasteiger partial charge >= 0.3 is 0 Å². The maximum atomic E-state index is 9.41. The van der Waals surface area contributed by atoms with Crippen molar-refractivity contribution >= 4 is 5.96 Å². The number of aliphatic hydroxyl groups is 1. The molecule has 1 aliphatic heterocycles. The highest BCUT2D eigenvalue weighted by Crippen LogP contribution is 2.31. The number of furan rings is 1. The quantitative estimate of drug-likeness (QED) is 0.409. The molecule has 0 radical (unpaired) electrons. The lowest BCUT2D eigenvalue weighted by Gasteiger charge is -2.27. The van der Waals surface area contributed by atoms with E-state index in [4.69, 9.17) is 9.15 Å². The van der Waals surface area contributed by atoms with Gasteiger partial charge in [0.1, 0.15) is 5.76 Å². The summed E-state index contributed by atoms with van der Waals surface area (Å²) < 4.78 is 11.0. The maximum absolute atomic E-state index is 9.41. The number of ether oxygens (including phenoxy) is 1. The maximum Gasteiger partial charge on any atom is 0.191 e. The lowest BCUT2D eigenvalue weighted by atomic mass is 9.84. The monoisotopic (exact) mass is 414 g/mol. The molecule has 164 valence electrons. The standard InChI is InChI=1S/C23H34N4O3/c1-24-22(26-17-23(9-11-28)10-13-29-18-23)25-14-19-6-3-4-7-20(19)15-27(2)16-21-8-5-12-30-21/h3-8,12,28H,9-11,13-18H2,1-2H3,(H2,24,25,26). The van der Waals surface area contributed by atoms with Gasteiger partial charge in [-0.1, -0.05) is 24.3 Å². The molecule has 2 aromatic rings. The third kappa shape index (κ3) is 6.32. The average Bonchev–Trinajstić information content (AvgIpc) is 3.42. The van der Waals surface area contributed by atoms with Crippen LogP contribution in [0.2, 0.25) is 0 Å². The van der Waals surface area contributed by atoms with Crippen molar-refractivity contribution in [2.24, 2.45) is 10.4 Å². The number of guanidine groups is 1. The number of hydrogen-bond donors (Lipinski definition) is 3. The molecule has 1 aliphatic rings. The summed E-state index contributed by atoms with van der Waals surface area (Å²) in [6.45, 7) is 4.65. The Hall–Kier alpha value is -2.35. The highest BCUT2D eigenvalue weighted by Gasteiger charge is 2.34. The van der Waals surface area contributed by atoms with Gasteiger partial charge in [-0.3, -0.25) is 9.89 Å². The Morgan fingerprint density at radius 3 is 2.67 bits per heavy atom. The van der Waals surface area contributed by atoms with E-state index in [1.165, 1.54) is 11.1 Å². The van der Waals surface area contributed by atoms with E-state index < -0.39 is 0 Å². The second-order valence-electron chi connectivity index (χ2n) is 8.08. The van der Waals surface area contributed by atoms with Crippen molar-refractivity contribution in [3.63, 3.8) is 0 Å². The third-order valence-electron chi connectivity index (χ3n) is 5.69. The normalized spacial score (nSPS) is 19.4. The molecule has 0 saturated carbocycles. The first-order valence-electron chi connectivity index (χ1n) is 10.5. The van der Waals surface area contributed by atoms with Crippen LogP contribution in [-0.4, -0.2) is 56.4 Å². The van der Waals surface area contributed by atoms with E-state index in [1.54, 1.807) is 13.3 Å². The van der Waals surface area contributed by atoms with Crippen LogP contribution in [0.1, 0.15) is 29.7 Å². The first kappa shape index (κ1) is 22.3. The molecule has 1 aromatic carbocycles. The second kappa shape index (κ2) is 11.2. The Balaban J connectivity index is 1.54. The van der Waals surface area contributed by atoms with Gasteiger partial charge in [0.15, 0.2) is 5.96 Å². The number of nitrogens with zero attached hydrogens (tertiary/aromatic N) is 2. The van der Waals surface area contributed by atoms with E-state index in [2.05, 4.69) is 51.8 Å².